The first kappa shape index (κ1) is 14.2. The van der Waals surface area contributed by atoms with E-state index >= 15 is 0 Å². The van der Waals surface area contributed by atoms with Crippen LogP contribution in [0.5, 0.6) is 0 Å². The largest absolute Gasteiger partial charge is 0.314 e. The lowest BCUT2D eigenvalue weighted by molar-refractivity contribution is 0.447. The van der Waals surface area contributed by atoms with Crippen LogP contribution in [0.4, 0.5) is 4.39 Å². The van der Waals surface area contributed by atoms with Crippen LogP contribution in [0.15, 0.2) is 24.3 Å². The molecule has 0 aliphatic carbocycles. The summed E-state index contributed by atoms with van der Waals surface area (Å²) in [6.07, 6.45) is 5.90. The molecule has 1 rings (SSSR count). The Labute approximate surface area is 104 Å². The third-order valence-corrected chi connectivity index (χ3v) is 3.06. The summed E-state index contributed by atoms with van der Waals surface area (Å²) >= 11 is 0. The molecule has 1 atom stereocenters. The van der Waals surface area contributed by atoms with Crippen molar-refractivity contribution in [3.05, 3.63) is 35.6 Å². The standard InChI is InChI=1S/C15H24FN/c1-3-6-15(17-4-2)8-5-7-13-9-11-14(16)12-10-13/h9-12,15,17H,3-8H2,1-2H3. The Kier molecular flexibility index (Phi) is 6.87. The van der Waals surface area contributed by atoms with Crippen LogP contribution < -0.4 is 5.32 Å². The maximum atomic E-state index is 12.7. The molecule has 0 amide bonds. The summed E-state index contributed by atoms with van der Waals surface area (Å²) in [6.45, 7) is 5.42. The summed E-state index contributed by atoms with van der Waals surface area (Å²) in [4.78, 5) is 0. The van der Waals surface area contributed by atoms with Gasteiger partial charge in [0.15, 0.2) is 0 Å². The highest BCUT2D eigenvalue weighted by Gasteiger charge is 2.05. The minimum Gasteiger partial charge on any atom is -0.314 e. The van der Waals surface area contributed by atoms with Gasteiger partial charge >= 0.3 is 0 Å². The first-order valence-electron chi connectivity index (χ1n) is 6.74. The van der Waals surface area contributed by atoms with Gasteiger partial charge in [-0.15, -0.1) is 0 Å². The summed E-state index contributed by atoms with van der Waals surface area (Å²) < 4.78 is 12.7. The zero-order valence-electron chi connectivity index (χ0n) is 11.0. The summed E-state index contributed by atoms with van der Waals surface area (Å²) in [6, 6.07) is 7.51. The Morgan fingerprint density at radius 3 is 2.41 bits per heavy atom. The Balaban J connectivity index is 2.27. The predicted octanol–water partition coefficient (Wildman–Crippen LogP) is 3.93. The Morgan fingerprint density at radius 2 is 1.82 bits per heavy atom. The van der Waals surface area contributed by atoms with E-state index in [-0.39, 0.29) is 5.82 Å². The molecule has 0 fully saturated rings. The fourth-order valence-electron chi connectivity index (χ4n) is 2.19. The van der Waals surface area contributed by atoms with Gasteiger partial charge in [-0.05, 0) is 49.9 Å². The maximum absolute atomic E-state index is 12.7. The summed E-state index contributed by atoms with van der Waals surface area (Å²) in [5, 5.41) is 3.52. The third-order valence-electron chi connectivity index (χ3n) is 3.06. The van der Waals surface area contributed by atoms with E-state index in [1.165, 1.54) is 31.2 Å². The lowest BCUT2D eigenvalue weighted by atomic mass is 10.0. The van der Waals surface area contributed by atoms with E-state index in [4.69, 9.17) is 0 Å². The molecule has 0 spiro atoms. The lowest BCUT2D eigenvalue weighted by Gasteiger charge is -2.16. The van der Waals surface area contributed by atoms with E-state index in [0.29, 0.717) is 6.04 Å². The molecule has 2 heteroatoms. The minimum absolute atomic E-state index is 0.148. The molecule has 1 aromatic rings. The van der Waals surface area contributed by atoms with Gasteiger partial charge in [-0.1, -0.05) is 32.4 Å². The van der Waals surface area contributed by atoms with Crippen molar-refractivity contribution in [2.45, 2.75) is 52.0 Å². The van der Waals surface area contributed by atoms with Crippen molar-refractivity contribution in [2.24, 2.45) is 0 Å². The van der Waals surface area contributed by atoms with Gasteiger partial charge in [0.1, 0.15) is 5.82 Å². The van der Waals surface area contributed by atoms with Crippen molar-refractivity contribution in [2.75, 3.05) is 6.54 Å². The molecule has 96 valence electrons. The number of halogens is 1. The van der Waals surface area contributed by atoms with E-state index in [2.05, 4.69) is 19.2 Å². The number of nitrogens with one attached hydrogen (secondary N) is 1. The van der Waals surface area contributed by atoms with E-state index in [0.717, 1.165) is 13.0 Å². The number of aryl methyl sites for hydroxylation is 1. The van der Waals surface area contributed by atoms with Crippen molar-refractivity contribution in [1.29, 1.82) is 0 Å². The summed E-state index contributed by atoms with van der Waals surface area (Å²) in [5.74, 6) is -0.148. The van der Waals surface area contributed by atoms with Crippen LogP contribution in [0, 0.1) is 5.82 Å². The summed E-state index contributed by atoms with van der Waals surface area (Å²) in [7, 11) is 0. The predicted molar refractivity (Wildman–Crippen MR) is 71.7 cm³/mol. The molecule has 0 saturated carbocycles. The fourth-order valence-corrected chi connectivity index (χ4v) is 2.19. The van der Waals surface area contributed by atoms with Gasteiger partial charge in [-0.2, -0.15) is 0 Å². The maximum Gasteiger partial charge on any atom is 0.123 e. The normalized spacial score (nSPS) is 12.6. The van der Waals surface area contributed by atoms with Crippen LogP contribution in [0.25, 0.3) is 0 Å². The highest BCUT2D eigenvalue weighted by atomic mass is 19.1. The molecule has 0 saturated heterocycles. The first-order chi connectivity index (χ1) is 8.26. The van der Waals surface area contributed by atoms with Crippen LogP contribution in [0.1, 0.15) is 45.1 Å². The van der Waals surface area contributed by atoms with E-state index < -0.39 is 0 Å². The second-order valence-corrected chi connectivity index (χ2v) is 4.56. The van der Waals surface area contributed by atoms with Crippen LogP contribution in [0.3, 0.4) is 0 Å². The van der Waals surface area contributed by atoms with Crippen LogP contribution >= 0.6 is 0 Å². The van der Waals surface area contributed by atoms with E-state index in [9.17, 15) is 4.39 Å². The molecular formula is C15H24FN. The molecule has 0 aliphatic heterocycles. The number of hydrogen-bond donors (Lipinski definition) is 1. The molecule has 0 heterocycles. The first-order valence-corrected chi connectivity index (χ1v) is 6.74. The monoisotopic (exact) mass is 237 g/mol. The zero-order valence-corrected chi connectivity index (χ0v) is 11.0. The van der Waals surface area contributed by atoms with Crippen LogP contribution in [-0.2, 0) is 6.42 Å². The van der Waals surface area contributed by atoms with Gasteiger partial charge < -0.3 is 5.32 Å². The van der Waals surface area contributed by atoms with Gasteiger partial charge in [-0.3, -0.25) is 0 Å². The Morgan fingerprint density at radius 1 is 1.12 bits per heavy atom. The molecule has 0 aromatic heterocycles. The van der Waals surface area contributed by atoms with Crippen molar-refractivity contribution in [1.82, 2.24) is 5.32 Å². The van der Waals surface area contributed by atoms with Gasteiger partial charge in [0.05, 0.1) is 0 Å². The van der Waals surface area contributed by atoms with Gasteiger partial charge in [0.2, 0.25) is 0 Å². The fraction of sp³-hybridized carbons (Fsp3) is 0.600. The smallest absolute Gasteiger partial charge is 0.123 e. The highest BCUT2D eigenvalue weighted by Crippen LogP contribution is 2.10. The Bertz CT molecular complexity index is 288. The lowest BCUT2D eigenvalue weighted by Crippen LogP contribution is -2.28. The zero-order chi connectivity index (χ0) is 12.5. The molecule has 0 radical (unpaired) electrons. The number of hydrogen-bond acceptors (Lipinski definition) is 1. The van der Waals surface area contributed by atoms with Crippen molar-refractivity contribution in [3.8, 4) is 0 Å². The van der Waals surface area contributed by atoms with Gasteiger partial charge in [0, 0.05) is 6.04 Å². The van der Waals surface area contributed by atoms with E-state index in [1.54, 1.807) is 12.1 Å². The topological polar surface area (TPSA) is 12.0 Å². The number of benzene rings is 1. The third kappa shape index (κ3) is 5.83. The number of rotatable bonds is 8. The summed E-state index contributed by atoms with van der Waals surface area (Å²) in [5.41, 5.74) is 1.23. The molecule has 17 heavy (non-hydrogen) atoms. The molecule has 1 unspecified atom stereocenters. The molecular weight excluding hydrogens is 213 g/mol. The van der Waals surface area contributed by atoms with Crippen LogP contribution in [0.2, 0.25) is 0 Å². The van der Waals surface area contributed by atoms with Gasteiger partial charge in [-0.25, -0.2) is 4.39 Å². The molecule has 1 N–H and O–H groups in total. The van der Waals surface area contributed by atoms with Crippen molar-refractivity contribution >= 4 is 0 Å². The molecule has 0 aliphatic rings. The molecule has 0 bridgehead atoms. The van der Waals surface area contributed by atoms with Gasteiger partial charge in [0.25, 0.3) is 0 Å². The Hall–Kier alpha value is -0.890. The molecule has 1 aromatic carbocycles. The second kappa shape index (κ2) is 8.24. The average molecular weight is 237 g/mol. The quantitative estimate of drug-likeness (QED) is 0.722. The highest BCUT2D eigenvalue weighted by molar-refractivity contribution is 5.15. The minimum atomic E-state index is -0.148. The second-order valence-electron chi connectivity index (χ2n) is 4.56. The van der Waals surface area contributed by atoms with E-state index in [1.807, 2.05) is 12.1 Å². The van der Waals surface area contributed by atoms with Crippen LogP contribution in [-0.4, -0.2) is 12.6 Å². The average Bonchev–Trinajstić information content (AvgIpc) is 2.32. The SMILES string of the molecule is CCCC(CCCc1ccc(F)cc1)NCC. The molecule has 1 nitrogen and oxygen atoms in total. The van der Waals surface area contributed by atoms with Crippen molar-refractivity contribution in [3.63, 3.8) is 0 Å². The van der Waals surface area contributed by atoms with Crippen molar-refractivity contribution < 1.29 is 4.39 Å².